The summed E-state index contributed by atoms with van der Waals surface area (Å²) >= 11 is 0. The van der Waals surface area contributed by atoms with Crippen LogP contribution in [0.4, 0.5) is 5.69 Å². The van der Waals surface area contributed by atoms with Crippen molar-refractivity contribution < 1.29 is 13.2 Å². The van der Waals surface area contributed by atoms with E-state index in [1.54, 1.807) is 12.1 Å². The fourth-order valence-corrected chi connectivity index (χ4v) is 5.42. The molecule has 3 heterocycles. The van der Waals surface area contributed by atoms with Gasteiger partial charge in [-0.3, -0.25) is 4.79 Å². The van der Waals surface area contributed by atoms with Gasteiger partial charge in [-0.15, -0.1) is 0 Å². The van der Waals surface area contributed by atoms with Gasteiger partial charge in [-0.2, -0.15) is 4.31 Å². The van der Waals surface area contributed by atoms with Crippen LogP contribution < -0.4 is 5.32 Å². The van der Waals surface area contributed by atoms with E-state index in [0.29, 0.717) is 18.8 Å². The third-order valence-corrected chi connectivity index (χ3v) is 7.54. The maximum Gasteiger partial charge on any atom is 0.272 e. The van der Waals surface area contributed by atoms with Crippen molar-refractivity contribution in [2.45, 2.75) is 24.2 Å². The van der Waals surface area contributed by atoms with Crippen molar-refractivity contribution >= 4 is 32.7 Å². The first kappa shape index (κ1) is 20.5. The van der Waals surface area contributed by atoms with Crippen molar-refractivity contribution in [2.24, 2.45) is 0 Å². The summed E-state index contributed by atoms with van der Waals surface area (Å²) in [6.45, 7) is 1.04. The first-order valence-electron chi connectivity index (χ1n) is 10.6. The number of para-hydroxylation sites is 2. The highest BCUT2D eigenvalue weighted by Gasteiger charge is 2.27. The van der Waals surface area contributed by atoms with Crippen LogP contribution in [-0.2, 0) is 10.0 Å². The Morgan fingerprint density at radius 2 is 1.75 bits per heavy atom. The molecular formula is C23H23N5O3S. The Balaban J connectivity index is 1.29. The van der Waals surface area contributed by atoms with Crippen molar-refractivity contribution in [1.29, 1.82) is 0 Å². The van der Waals surface area contributed by atoms with Gasteiger partial charge in [-0.25, -0.2) is 13.4 Å². The number of carbonyl (C=O) groups is 1. The molecule has 2 aromatic heterocycles. The van der Waals surface area contributed by atoms with Crippen LogP contribution in [-0.4, -0.2) is 46.7 Å². The molecule has 32 heavy (non-hydrogen) atoms. The molecule has 5 rings (SSSR count). The normalized spacial score (nSPS) is 15.1. The average Bonchev–Trinajstić information content (AvgIpc) is 3.48. The summed E-state index contributed by atoms with van der Waals surface area (Å²) in [6.07, 6.45) is 4.15. The Morgan fingerprint density at radius 1 is 1.00 bits per heavy atom. The van der Waals surface area contributed by atoms with Crippen molar-refractivity contribution in [2.75, 3.05) is 18.4 Å². The standard InChI is InChI=1S/C23H23N5O3S/c29-23(21-14-18(15-24-21)32(30,31)28-12-4-1-5-13-28)25-17-10-8-16(9-11-17)22-26-19-6-2-3-7-20(19)27-22/h2-3,6-11,14-15,24H,1,4-5,12-13H2,(H,25,29)(H,26,27). The van der Waals surface area contributed by atoms with E-state index in [2.05, 4.69) is 20.3 Å². The number of nitrogens with zero attached hydrogens (tertiary/aromatic N) is 2. The summed E-state index contributed by atoms with van der Waals surface area (Å²) in [5.74, 6) is 0.350. The second-order valence-corrected chi connectivity index (χ2v) is 9.79. The van der Waals surface area contributed by atoms with Gasteiger partial charge < -0.3 is 15.3 Å². The summed E-state index contributed by atoms with van der Waals surface area (Å²) in [5.41, 5.74) is 3.55. The van der Waals surface area contributed by atoms with Crippen LogP contribution in [0.1, 0.15) is 29.8 Å². The van der Waals surface area contributed by atoms with E-state index in [9.17, 15) is 13.2 Å². The summed E-state index contributed by atoms with van der Waals surface area (Å²) in [6, 6.07) is 16.5. The van der Waals surface area contributed by atoms with E-state index in [0.717, 1.165) is 41.7 Å². The SMILES string of the molecule is O=C(Nc1ccc(-c2nc3ccccc3[nH]2)cc1)c1cc(S(=O)(=O)N2CCCCC2)c[nH]1. The lowest BCUT2D eigenvalue weighted by Crippen LogP contribution is -2.35. The Kier molecular flexibility index (Phi) is 5.28. The summed E-state index contributed by atoms with van der Waals surface area (Å²) < 4.78 is 27.1. The van der Waals surface area contributed by atoms with Crippen LogP contribution in [0.3, 0.4) is 0 Å². The summed E-state index contributed by atoms with van der Waals surface area (Å²) in [5, 5.41) is 2.80. The predicted molar refractivity (Wildman–Crippen MR) is 123 cm³/mol. The lowest BCUT2D eigenvalue weighted by molar-refractivity contribution is 0.102. The molecule has 164 valence electrons. The maximum absolute atomic E-state index is 12.8. The van der Waals surface area contributed by atoms with Crippen molar-refractivity contribution in [3.63, 3.8) is 0 Å². The minimum Gasteiger partial charge on any atom is -0.356 e. The Hall–Kier alpha value is -3.43. The number of rotatable bonds is 5. The molecule has 0 aliphatic carbocycles. The molecule has 0 unspecified atom stereocenters. The highest BCUT2D eigenvalue weighted by Crippen LogP contribution is 2.24. The van der Waals surface area contributed by atoms with Crippen LogP contribution >= 0.6 is 0 Å². The zero-order chi connectivity index (χ0) is 22.1. The van der Waals surface area contributed by atoms with Gasteiger partial charge in [0.2, 0.25) is 10.0 Å². The van der Waals surface area contributed by atoms with E-state index in [1.807, 2.05) is 36.4 Å². The highest BCUT2D eigenvalue weighted by molar-refractivity contribution is 7.89. The Labute approximate surface area is 185 Å². The molecule has 1 aliphatic heterocycles. The molecule has 1 amide bonds. The van der Waals surface area contributed by atoms with Crippen molar-refractivity contribution in [3.05, 3.63) is 66.5 Å². The Bertz CT molecular complexity index is 1330. The molecular weight excluding hydrogens is 426 g/mol. The fourth-order valence-electron chi connectivity index (χ4n) is 3.91. The van der Waals surface area contributed by atoms with Crippen LogP contribution in [0.5, 0.6) is 0 Å². The topological polar surface area (TPSA) is 111 Å². The average molecular weight is 450 g/mol. The van der Waals surface area contributed by atoms with Gasteiger partial charge in [0.15, 0.2) is 0 Å². The van der Waals surface area contributed by atoms with Gasteiger partial charge in [-0.05, 0) is 55.3 Å². The molecule has 0 saturated carbocycles. The van der Waals surface area contributed by atoms with Gasteiger partial charge in [-0.1, -0.05) is 18.6 Å². The molecule has 1 fully saturated rings. The lowest BCUT2D eigenvalue weighted by atomic mass is 10.2. The number of piperidine rings is 1. The quantitative estimate of drug-likeness (QED) is 0.428. The summed E-state index contributed by atoms with van der Waals surface area (Å²) in [4.78, 5) is 23.4. The van der Waals surface area contributed by atoms with Crippen LogP contribution in [0.25, 0.3) is 22.4 Å². The zero-order valence-corrected chi connectivity index (χ0v) is 18.2. The molecule has 9 heteroatoms. The van der Waals surface area contributed by atoms with Crippen molar-refractivity contribution in [1.82, 2.24) is 19.3 Å². The number of hydrogen-bond donors (Lipinski definition) is 3. The van der Waals surface area contributed by atoms with Gasteiger partial charge in [0.1, 0.15) is 16.4 Å². The number of benzene rings is 2. The minimum absolute atomic E-state index is 0.116. The molecule has 1 aliphatic rings. The number of aromatic nitrogens is 3. The van der Waals surface area contributed by atoms with Crippen molar-refractivity contribution in [3.8, 4) is 11.4 Å². The first-order chi connectivity index (χ1) is 15.5. The molecule has 0 bridgehead atoms. The molecule has 3 N–H and O–H groups in total. The largest absolute Gasteiger partial charge is 0.356 e. The van der Waals surface area contributed by atoms with Crippen LogP contribution in [0.2, 0.25) is 0 Å². The highest BCUT2D eigenvalue weighted by atomic mass is 32.2. The van der Waals surface area contributed by atoms with Gasteiger partial charge in [0.05, 0.1) is 11.0 Å². The molecule has 0 radical (unpaired) electrons. The fraction of sp³-hybridized carbons (Fsp3) is 0.217. The second kappa shape index (κ2) is 8.25. The number of H-pyrrole nitrogens is 2. The number of imidazole rings is 1. The van der Waals surface area contributed by atoms with E-state index >= 15 is 0 Å². The van der Waals surface area contributed by atoms with Gasteiger partial charge in [0, 0.05) is 30.5 Å². The molecule has 0 spiro atoms. The number of aromatic amines is 2. The second-order valence-electron chi connectivity index (χ2n) is 7.85. The number of amides is 1. The third-order valence-electron chi connectivity index (χ3n) is 5.66. The molecule has 4 aromatic rings. The molecule has 1 saturated heterocycles. The Morgan fingerprint density at radius 3 is 2.50 bits per heavy atom. The van der Waals surface area contributed by atoms with E-state index in [-0.39, 0.29) is 10.6 Å². The van der Waals surface area contributed by atoms with Crippen LogP contribution in [0.15, 0.2) is 65.7 Å². The number of sulfonamides is 1. The number of hydrogen-bond acceptors (Lipinski definition) is 4. The smallest absolute Gasteiger partial charge is 0.272 e. The number of carbonyl (C=O) groups excluding carboxylic acids is 1. The zero-order valence-electron chi connectivity index (χ0n) is 17.3. The first-order valence-corrected chi connectivity index (χ1v) is 12.0. The number of anilines is 1. The third kappa shape index (κ3) is 3.92. The molecule has 2 aromatic carbocycles. The van der Waals surface area contributed by atoms with E-state index in [4.69, 9.17) is 0 Å². The van der Waals surface area contributed by atoms with Gasteiger partial charge >= 0.3 is 0 Å². The summed E-state index contributed by atoms with van der Waals surface area (Å²) in [7, 11) is -3.58. The van der Waals surface area contributed by atoms with E-state index < -0.39 is 15.9 Å². The molecule has 0 atom stereocenters. The maximum atomic E-state index is 12.8. The minimum atomic E-state index is -3.58. The van der Waals surface area contributed by atoms with E-state index in [1.165, 1.54) is 16.6 Å². The number of nitrogens with one attached hydrogen (secondary N) is 3. The van der Waals surface area contributed by atoms with Crippen LogP contribution in [0, 0.1) is 0 Å². The van der Waals surface area contributed by atoms with Gasteiger partial charge in [0.25, 0.3) is 5.91 Å². The predicted octanol–water partition coefficient (Wildman–Crippen LogP) is 3.98. The molecule has 8 nitrogen and oxygen atoms in total. The lowest BCUT2D eigenvalue weighted by Gasteiger charge is -2.25. The number of fused-ring (bicyclic) bond motifs is 1. The monoisotopic (exact) mass is 449 g/mol.